The van der Waals surface area contributed by atoms with E-state index in [4.69, 9.17) is 0 Å². The van der Waals surface area contributed by atoms with Gasteiger partial charge in [0, 0.05) is 31.5 Å². The van der Waals surface area contributed by atoms with E-state index in [1.807, 2.05) is 7.05 Å². The predicted molar refractivity (Wildman–Crippen MR) is 69.4 cm³/mol. The van der Waals surface area contributed by atoms with Crippen molar-refractivity contribution in [2.75, 3.05) is 19.3 Å². The molecule has 0 amide bonds. The second kappa shape index (κ2) is 5.66. The fraction of sp³-hybridized carbons (Fsp3) is 0.636. The second-order valence-corrected chi connectivity index (χ2v) is 6.20. The zero-order valence-corrected chi connectivity index (χ0v) is 11.7. The summed E-state index contributed by atoms with van der Waals surface area (Å²) in [7, 11) is 0.353. The molecule has 0 aromatic carbocycles. The lowest BCUT2D eigenvalue weighted by atomic mass is 10.2. The molecule has 0 spiro atoms. The summed E-state index contributed by atoms with van der Waals surface area (Å²) in [6.45, 7) is 5.28. The molecule has 0 bridgehead atoms. The van der Waals surface area contributed by atoms with E-state index in [0.717, 1.165) is 0 Å². The van der Waals surface area contributed by atoms with Crippen LogP contribution in [0.25, 0.3) is 0 Å². The highest BCUT2D eigenvalue weighted by Gasteiger charge is 2.08. The van der Waals surface area contributed by atoms with Crippen LogP contribution in [0, 0.1) is 13.8 Å². The van der Waals surface area contributed by atoms with E-state index < -0.39 is 10.0 Å². The SMILES string of the molecule is CNS(=O)(=O)CCNCc1cc(C)n(C)c1C. The quantitative estimate of drug-likeness (QED) is 0.721. The van der Waals surface area contributed by atoms with Gasteiger partial charge in [-0.1, -0.05) is 0 Å². The zero-order chi connectivity index (χ0) is 13.1. The summed E-state index contributed by atoms with van der Waals surface area (Å²) in [4.78, 5) is 0. The maximum absolute atomic E-state index is 11.2. The second-order valence-electron chi connectivity index (χ2n) is 4.16. The Bertz CT molecular complexity index is 477. The van der Waals surface area contributed by atoms with E-state index in [-0.39, 0.29) is 5.75 Å². The van der Waals surface area contributed by atoms with Crippen molar-refractivity contribution in [2.24, 2.45) is 7.05 Å². The number of hydrogen-bond acceptors (Lipinski definition) is 3. The van der Waals surface area contributed by atoms with Crippen LogP contribution in [0.3, 0.4) is 0 Å². The minimum absolute atomic E-state index is 0.106. The van der Waals surface area contributed by atoms with Crippen molar-refractivity contribution in [1.82, 2.24) is 14.6 Å². The topological polar surface area (TPSA) is 63.1 Å². The number of aryl methyl sites for hydroxylation is 1. The number of sulfonamides is 1. The summed E-state index contributed by atoms with van der Waals surface area (Å²) in [5.74, 6) is 0.106. The van der Waals surface area contributed by atoms with Gasteiger partial charge in [-0.2, -0.15) is 0 Å². The molecule has 0 unspecified atom stereocenters. The molecule has 6 heteroatoms. The molecule has 0 aliphatic heterocycles. The lowest BCUT2D eigenvalue weighted by Gasteiger charge is -2.05. The van der Waals surface area contributed by atoms with E-state index in [1.165, 1.54) is 24.0 Å². The molecule has 0 aliphatic rings. The standard InChI is InChI=1S/C11H21N3O2S/c1-9-7-11(10(2)14(9)4)8-13-5-6-17(15,16)12-3/h7,12-13H,5-6,8H2,1-4H3. The Morgan fingerprint density at radius 2 is 2.00 bits per heavy atom. The average molecular weight is 259 g/mol. The average Bonchev–Trinajstić information content (AvgIpc) is 2.52. The van der Waals surface area contributed by atoms with Gasteiger partial charge in [-0.05, 0) is 32.5 Å². The molecule has 0 aliphatic carbocycles. The highest BCUT2D eigenvalue weighted by molar-refractivity contribution is 7.89. The van der Waals surface area contributed by atoms with E-state index in [9.17, 15) is 8.42 Å². The van der Waals surface area contributed by atoms with E-state index in [0.29, 0.717) is 13.1 Å². The maximum atomic E-state index is 11.2. The molecule has 1 rings (SSSR count). The Balaban J connectivity index is 2.44. The third kappa shape index (κ3) is 3.83. The zero-order valence-electron chi connectivity index (χ0n) is 10.9. The normalized spacial score (nSPS) is 12.0. The Hall–Kier alpha value is -0.850. The molecule has 17 heavy (non-hydrogen) atoms. The first-order chi connectivity index (χ1) is 7.87. The van der Waals surface area contributed by atoms with E-state index in [1.54, 1.807) is 0 Å². The number of rotatable bonds is 6. The molecule has 2 N–H and O–H groups in total. The summed E-state index contributed by atoms with van der Waals surface area (Å²) in [5, 5.41) is 3.14. The van der Waals surface area contributed by atoms with Gasteiger partial charge in [-0.15, -0.1) is 0 Å². The molecule has 98 valence electrons. The van der Waals surface area contributed by atoms with Crippen molar-refractivity contribution in [3.05, 3.63) is 23.0 Å². The molecular formula is C11H21N3O2S. The number of aromatic nitrogens is 1. The highest BCUT2D eigenvalue weighted by Crippen LogP contribution is 2.12. The van der Waals surface area contributed by atoms with Gasteiger partial charge < -0.3 is 9.88 Å². The van der Waals surface area contributed by atoms with Gasteiger partial charge in [0.1, 0.15) is 0 Å². The van der Waals surface area contributed by atoms with Crippen LogP contribution in [-0.4, -0.2) is 32.3 Å². The van der Waals surface area contributed by atoms with Crippen molar-refractivity contribution in [1.29, 1.82) is 0 Å². The predicted octanol–water partition coefficient (Wildman–Crippen LogP) is 0.281. The minimum Gasteiger partial charge on any atom is -0.352 e. The van der Waals surface area contributed by atoms with Crippen LogP contribution in [0.2, 0.25) is 0 Å². The Morgan fingerprint density at radius 3 is 2.47 bits per heavy atom. The van der Waals surface area contributed by atoms with Gasteiger partial charge in [-0.25, -0.2) is 13.1 Å². The molecule has 1 aromatic heterocycles. The van der Waals surface area contributed by atoms with Crippen molar-refractivity contribution in [2.45, 2.75) is 20.4 Å². The molecule has 1 aromatic rings. The summed E-state index contributed by atoms with van der Waals surface area (Å²) in [6, 6.07) is 2.12. The third-order valence-corrected chi connectivity index (χ3v) is 4.42. The van der Waals surface area contributed by atoms with Crippen molar-refractivity contribution >= 4 is 10.0 Å². The lowest BCUT2D eigenvalue weighted by Crippen LogP contribution is -2.29. The van der Waals surface area contributed by atoms with Gasteiger partial charge >= 0.3 is 0 Å². The first-order valence-corrected chi connectivity index (χ1v) is 7.26. The van der Waals surface area contributed by atoms with E-state index in [2.05, 4.69) is 34.5 Å². The van der Waals surface area contributed by atoms with Crippen molar-refractivity contribution in [3.63, 3.8) is 0 Å². The fourth-order valence-electron chi connectivity index (χ4n) is 1.64. The van der Waals surface area contributed by atoms with Gasteiger partial charge in [0.25, 0.3) is 0 Å². The minimum atomic E-state index is -3.10. The van der Waals surface area contributed by atoms with Crippen LogP contribution in [0.1, 0.15) is 17.0 Å². The first kappa shape index (κ1) is 14.2. The van der Waals surface area contributed by atoms with Crippen LogP contribution in [0.5, 0.6) is 0 Å². The van der Waals surface area contributed by atoms with Crippen molar-refractivity contribution in [3.8, 4) is 0 Å². The van der Waals surface area contributed by atoms with Gasteiger partial charge in [0.05, 0.1) is 5.75 Å². The molecule has 0 fully saturated rings. The molecule has 5 nitrogen and oxygen atoms in total. The third-order valence-electron chi connectivity index (χ3n) is 3.05. The molecule has 0 atom stereocenters. The molecule has 1 heterocycles. The molecule has 0 radical (unpaired) electrons. The fourth-order valence-corrected chi connectivity index (χ4v) is 2.26. The van der Waals surface area contributed by atoms with Gasteiger partial charge in [0.2, 0.25) is 10.0 Å². The summed E-state index contributed by atoms with van der Waals surface area (Å²) in [6.07, 6.45) is 0. The highest BCUT2D eigenvalue weighted by atomic mass is 32.2. The number of nitrogens with one attached hydrogen (secondary N) is 2. The smallest absolute Gasteiger partial charge is 0.212 e. The van der Waals surface area contributed by atoms with Crippen LogP contribution in [0.15, 0.2) is 6.07 Å². The Kier molecular flexibility index (Phi) is 4.73. The van der Waals surface area contributed by atoms with Gasteiger partial charge in [-0.3, -0.25) is 0 Å². The number of hydrogen-bond donors (Lipinski definition) is 2. The Morgan fingerprint density at radius 1 is 1.35 bits per heavy atom. The monoisotopic (exact) mass is 259 g/mol. The molecule has 0 saturated heterocycles. The summed E-state index contributed by atoms with van der Waals surface area (Å²) in [5.41, 5.74) is 3.64. The van der Waals surface area contributed by atoms with Crippen molar-refractivity contribution < 1.29 is 8.42 Å². The van der Waals surface area contributed by atoms with E-state index >= 15 is 0 Å². The molecule has 0 saturated carbocycles. The maximum Gasteiger partial charge on any atom is 0.212 e. The molecular weight excluding hydrogens is 238 g/mol. The van der Waals surface area contributed by atoms with Crippen LogP contribution in [0.4, 0.5) is 0 Å². The largest absolute Gasteiger partial charge is 0.352 e. The Labute approximate surface area is 103 Å². The lowest BCUT2D eigenvalue weighted by molar-refractivity contribution is 0.583. The van der Waals surface area contributed by atoms with Crippen LogP contribution >= 0.6 is 0 Å². The summed E-state index contributed by atoms with van der Waals surface area (Å²) < 4.78 is 26.8. The number of nitrogens with zero attached hydrogens (tertiary/aromatic N) is 1. The summed E-state index contributed by atoms with van der Waals surface area (Å²) >= 11 is 0. The van der Waals surface area contributed by atoms with Crippen LogP contribution < -0.4 is 10.0 Å². The first-order valence-electron chi connectivity index (χ1n) is 5.61. The van der Waals surface area contributed by atoms with Gasteiger partial charge in [0.15, 0.2) is 0 Å². The van der Waals surface area contributed by atoms with Crippen LogP contribution in [-0.2, 0) is 23.6 Å².